The number of fused-ring (bicyclic) bond motifs is 1. The van der Waals surface area contributed by atoms with Crippen LogP contribution in [-0.4, -0.2) is 21.2 Å². The number of nitrogens with one attached hydrogen (secondary N) is 1. The van der Waals surface area contributed by atoms with Crippen molar-refractivity contribution in [2.24, 2.45) is 0 Å². The van der Waals surface area contributed by atoms with Gasteiger partial charge in [0.25, 0.3) is 0 Å². The fraction of sp³-hybridized carbons (Fsp3) is 0.111. The predicted molar refractivity (Wildman–Crippen MR) is 93.8 cm³/mol. The van der Waals surface area contributed by atoms with Crippen molar-refractivity contribution in [3.8, 4) is 5.75 Å². The number of carbonyl (C=O) groups is 1. The molecule has 0 aliphatic carbocycles. The third kappa shape index (κ3) is 3.81. The van der Waals surface area contributed by atoms with E-state index in [9.17, 15) is 9.90 Å². The van der Waals surface area contributed by atoms with Gasteiger partial charge in [-0.25, -0.2) is 4.98 Å². The van der Waals surface area contributed by atoms with Crippen LogP contribution in [0, 0.1) is 0 Å². The summed E-state index contributed by atoms with van der Waals surface area (Å²) in [5.74, 6) is 0.0708. The SMILES string of the molecule is C[C@@H](Sc1ccc2ccccc2n1)C(=O)Nc1ccc(O)cc1. The molecule has 5 heteroatoms. The Morgan fingerprint density at radius 1 is 1.09 bits per heavy atom. The number of carbonyl (C=O) groups excluding carboxylic acids is 1. The maximum Gasteiger partial charge on any atom is 0.237 e. The highest BCUT2D eigenvalue weighted by Crippen LogP contribution is 2.25. The van der Waals surface area contributed by atoms with E-state index in [1.165, 1.54) is 23.9 Å². The number of nitrogens with zero attached hydrogens (tertiary/aromatic N) is 1. The van der Waals surface area contributed by atoms with Gasteiger partial charge in [0.05, 0.1) is 15.8 Å². The molecule has 0 radical (unpaired) electrons. The number of anilines is 1. The molecule has 0 fully saturated rings. The van der Waals surface area contributed by atoms with Gasteiger partial charge in [0.2, 0.25) is 5.91 Å². The normalized spacial score (nSPS) is 12.0. The van der Waals surface area contributed by atoms with Gasteiger partial charge in [-0.2, -0.15) is 0 Å². The van der Waals surface area contributed by atoms with Crippen LogP contribution in [0.2, 0.25) is 0 Å². The largest absolute Gasteiger partial charge is 0.508 e. The van der Waals surface area contributed by atoms with E-state index in [1.807, 2.05) is 43.3 Å². The van der Waals surface area contributed by atoms with Gasteiger partial charge in [-0.3, -0.25) is 4.79 Å². The lowest BCUT2D eigenvalue weighted by molar-refractivity contribution is -0.115. The van der Waals surface area contributed by atoms with Crippen molar-refractivity contribution in [3.05, 3.63) is 60.7 Å². The van der Waals surface area contributed by atoms with E-state index in [2.05, 4.69) is 10.3 Å². The molecule has 2 aromatic carbocycles. The lowest BCUT2D eigenvalue weighted by atomic mass is 10.2. The van der Waals surface area contributed by atoms with Crippen molar-refractivity contribution < 1.29 is 9.90 Å². The van der Waals surface area contributed by atoms with Crippen LogP contribution in [0.25, 0.3) is 10.9 Å². The van der Waals surface area contributed by atoms with Crippen molar-refractivity contribution >= 4 is 34.3 Å². The van der Waals surface area contributed by atoms with Crippen LogP contribution in [0.3, 0.4) is 0 Å². The second-order valence-electron chi connectivity index (χ2n) is 5.14. The summed E-state index contributed by atoms with van der Waals surface area (Å²) in [7, 11) is 0. The molecule has 0 unspecified atom stereocenters. The number of para-hydroxylation sites is 1. The van der Waals surface area contributed by atoms with E-state index in [-0.39, 0.29) is 16.9 Å². The molecular formula is C18H16N2O2S. The average Bonchev–Trinajstić information content (AvgIpc) is 2.56. The van der Waals surface area contributed by atoms with Crippen LogP contribution in [0.15, 0.2) is 65.7 Å². The van der Waals surface area contributed by atoms with Crippen molar-refractivity contribution in [1.82, 2.24) is 4.98 Å². The summed E-state index contributed by atoms with van der Waals surface area (Å²) < 4.78 is 0. The summed E-state index contributed by atoms with van der Waals surface area (Å²) in [6.07, 6.45) is 0. The summed E-state index contributed by atoms with van der Waals surface area (Å²) in [5, 5.41) is 13.7. The number of benzene rings is 2. The Kier molecular flexibility index (Phi) is 4.48. The third-order valence-corrected chi connectivity index (χ3v) is 4.41. The molecule has 1 atom stereocenters. The molecule has 1 heterocycles. The molecule has 23 heavy (non-hydrogen) atoms. The zero-order valence-electron chi connectivity index (χ0n) is 12.6. The second-order valence-corrected chi connectivity index (χ2v) is 6.50. The van der Waals surface area contributed by atoms with Crippen molar-refractivity contribution in [3.63, 3.8) is 0 Å². The molecule has 4 nitrogen and oxygen atoms in total. The Hall–Kier alpha value is -2.53. The van der Waals surface area contributed by atoms with Gasteiger partial charge in [0.1, 0.15) is 5.75 Å². The van der Waals surface area contributed by atoms with E-state index in [1.54, 1.807) is 12.1 Å². The molecule has 2 N–H and O–H groups in total. The minimum atomic E-state index is -0.280. The molecule has 0 bridgehead atoms. The molecule has 1 amide bonds. The lowest BCUT2D eigenvalue weighted by Gasteiger charge is -2.12. The smallest absolute Gasteiger partial charge is 0.237 e. The molecule has 1 aromatic heterocycles. The predicted octanol–water partition coefficient (Wildman–Crippen LogP) is 4.06. The summed E-state index contributed by atoms with van der Waals surface area (Å²) in [4.78, 5) is 16.8. The van der Waals surface area contributed by atoms with E-state index >= 15 is 0 Å². The molecule has 0 aliphatic rings. The van der Waals surface area contributed by atoms with Crippen LogP contribution >= 0.6 is 11.8 Å². The van der Waals surface area contributed by atoms with Gasteiger partial charge >= 0.3 is 0 Å². The fourth-order valence-corrected chi connectivity index (χ4v) is 2.96. The Labute approximate surface area is 138 Å². The maximum atomic E-state index is 12.2. The highest BCUT2D eigenvalue weighted by Gasteiger charge is 2.15. The van der Waals surface area contributed by atoms with Gasteiger partial charge < -0.3 is 10.4 Å². The monoisotopic (exact) mass is 324 g/mol. The van der Waals surface area contributed by atoms with Crippen molar-refractivity contribution in [1.29, 1.82) is 0 Å². The number of phenolic OH excluding ortho intramolecular Hbond substituents is 1. The Morgan fingerprint density at radius 2 is 1.83 bits per heavy atom. The molecule has 3 rings (SSSR count). The lowest BCUT2D eigenvalue weighted by Crippen LogP contribution is -2.22. The third-order valence-electron chi connectivity index (χ3n) is 3.37. The topological polar surface area (TPSA) is 62.2 Å². The van der Waals surface area contributed by atoms with Crippen LogP contribution in [0.4, 0.5) is 5.69 Å². The summed E-state index contributed by atoms with van der Waals surface area (Å²) in [6.45, 7) is 1.84. The number of rotatable bonds is 4. The fourth-order valence-electron chi connectivity index (χ4n) is 2.14. The van der Waals surface area contributed by atoms with Crippen LogP contribution in [0.5, 0.6) is 5.75 Å². The van der Waals surface area contributed by atoms with Crippen molar-refractivity contribution in [2.45, 2.75) is 17.2 Å². The standard InChI is InChI=1S/C18H16N2O2S/c1-12(18(22)19-14-7-9-15(21)10-8-14)23-17-11-6-13-4-2-3-5-16(13)20-17/h2-12,21H,1H3,(H,19,22)/t12-/m1/s1. The van der Waals surface area contributed by atoms with Crippen LogP contribution in [-0.2, 0) is 4.79 Å². The van der Waals surface area contributed by atoms with Crippen LogP contribution in [0.1, 0.15) is 6.92 Å². The first-order valence-electron chi connectivity index (χ1n) is 7.24. The molecule has 0 aliphatic heterocycles. The molecule has 0 saturated carbocycles. The number of hydrogen-bond acceptors (Lipinski definition) is 4. The molecule has 0 saturated heterocycles. The van der Waals surface area contributed by atoms with E-state index < -0.39 is 0 Å². The number of aromatic nitrogens is 1. The Morgan fingerprint density at radius 3 is 2.61 bits per heavy atom. The summed E-state index contributed by atoms with van der Waals surface area (Å²) in [5.41, 5.74) is 1.58. The second kappa shape index (κ2) is 6.71. The van der Waals surface area contributed by atoms with Gasteiger partial charge in [-0.1, -0.05) is 36.0 Å². The zero-order valence-corrected chi connectivity index (χ0v) is 13.4. The van der Waals surface area contributed by atoms with Gasteiger partial charge in [-0.15, -0.1) is 0 Å². The number of phenols is 1. The van der Waals surface area contributed by atoms with Gasteiger partial charge in [0, 0.05) is 11.1 Å². The van der Waals surface area contributed by atoms with Gasteiger partial charge in [0.15, 0.2) is 0 Å². The number of thioether (sulfide) groups is 1. The molecule has 3 aromatic rings. The minimum Gasteiger partial charge on any atom is -0.508 e. The van der Waals surface area contributed by atoms with Gasteiger partial charge in [-0.05, 0) is 43.3 Å². The van der Waals surface area contributed by atoms with E-state index in [0.29, 0.717) is 5.69 Å². The highest BCUT2D eigenvalue weighted by atomic mass is 32.2. The van der Waals surface area contributed by atoms with E-state index in [4.69, 9.17) is 0 Å². The van der Waals surface area contributed by atoms with Crippen molar-refractivity contribution in [2.75, 3.05) is 5.32 Å². The number of pyridine rings is 1. The highest BCUT2D eigenvalue weighted by molar-refractivity contribution is 8.00. The molecule has 0 spiro atoms. The van der Waals surface area contributed by atoms with E-state index in [0.717, 1.165) is 15.9 Å². The quantitative estimate of drug-likeness (QED) is 0.561. The first-order valence-corrected chi connectivity index (χ1v) is 8.12. The average molecular weight is 324 g/mol. The van der Waals surface area contributed by atoms with Crippen LogP contribution < -0.4 is 5.32 Å². The number of amides is 1. The first kappa shape index (κ1) is 15.4. The Bertz CT molecular complexity index is 834. The molecule has 116 valence electrons. The first-order chi connectivity index (χ1) is 11.1. The maximum absolute atomic E-state index is 12.2. The molecular weight excluding hydrogens is 308 g/mol. The summed E-state index contributed by atoms with van der Waals surface area (Å²) >= 11 is 1.42. The number of hydrogen-bond donors (Lipinski definition) is 2. The number of aromatic hydroxyl groups is 1. The summed E-state index contributed by atoms with van der Waals surface area (Å²) in [6, 6.07) is 18.2. The Balaban J connectivity index is 1.68. The zero-order chi connectivity index (χ0) is 16.2. The minimum absolute atomic E-state index is 0.101.